The van der Waals surface area contributed by atoms with Crippen molar-refractivity contribution in [1.29, 1.82) is 0 Å². The van der Waals surface area contributed by atoms with E-state index < -0.39 is 0 Å². The highest BCUT2D eigenvalue weighted by atomic mass is 19.1. The summed E-state index contributed by atoms with van der Waals surface area (Å²) in [5.41, 5.74) is 2.68. The number of rotatable bonds is 1. The summed E-state index contributed by atoms with van der Waals surface area (Å²) in [6.45, 7) is 2.67. The number of nitrogens with zero attached hydrogens (tertiary/aromatic N) is 1. The van der Waals surface area contributed by atoms with Gasteiger partial charge in [-0.05, 0) is 30.7 Å². The molecule has 1 aliphatic rings. The van der Waals surface area contributed by atoms with Gasteiger partial charge < -0.3 is 9.72 Å². The zero-order valence-electron chi connectivity index (χ0n) is 10.5. The second-order valence-electron chi connectivity index (χ2n) is 4.60. The van der Waals surface area contributed by atoms with Crippen LogP contribution >= 0.6 is 0 Å². The maximum Gasteiger partial charge on any atom is 0.256 e. The number of ether oxygens (including phenoxy) is 1. The third kappa shape index (κ3) is 2.17. The molecule has 5 heteroatoms. The molecule has 98 valence electrons. The van der Waals surface area contributed by atoms with Crippen molar-refractivity contribution in [2.24, 2.45) is 0 Å². The molecule has 1 aliphatic heterocycles. The maximum atomic E-state index is 13.1. The Labute approximate surface area is 109 Å². The van der Waals surface area contributed by atoms with E-state index in [1.54, 1.807) is 13.0 Å². The van der Waals surface area contributed by atoms with Gasteiger partial charge in [-0.25, -0.2) is 9.37 Å². The highest BCUT2D eigenvalue weighted by molar-refractivity contribution is 5.60. The average Bonchev–Trinajstić information content (AvgIpc) is 2.38. The number of halogens is 1. The summed E-state index contributed by atoms with van der Waals surface area (Å²) in [7, 11) is 0. The molecule has 0 unspecified atom stereocenters. The van der Waals surface area contributed by atoms with Gasteiger partial charge in [-0.3, -0.25) is 4.79 Å². The van der Waals surface area contributed by atoms with E-state index >= 15 is 0 Å². The van der Waals surface area contributed by atoms with Crippen molar-refractivity contribution in [3.8, 4) is 11.4 Å². The Morgan fingerprint density at radius 2 is 2.26 bits per heavy atom. The van der Waals surface area contributed by atoms with E-state index in [1.807, 2.05) is 0 Å². The first-order valence-corrected chi connectivity index (χ1v) is 6.11. The van der Waals surface area contributed by atoms with Gasteiger partial charge in [0.2, 0.25) is 0 Å². The van der Waals surface area contributed by atoms with Gasteiger partial charge in [0.1, 0.15) is 11.6 Å². The molecule has 0 radical (unpaired) electrons. The van der Waals surface area contributed by atoms with Gasteiger partial charge in [-0.15, -0.1) is 0 Å². The third-order valence-electron chi connectivity index (χ3n) is 3.27. The normalized spacial score (nSPS) is 14.2. The minimum absolute atomic E-state index is 0.177. The molecule has 0 bridgehead atoms. The standard InChI is InChI=1S/C14H13FN2O2/c1-8-6-9(15)2-3-10(8)13-16-12-4-5-19-7-11(12)14(18)17-13/h2-3,6H,4-5,7H2,1H3,(H,16,17,18). The predicted octanol–water partition coefficient (Wildman–Crippen LogP) is 1.96. The van der Waals surface area contributed by atoms with Crippen LogP contribution in [0.25, 0.3) is 11.4 Å². The van der Waals surface area contributed by atoms with Gasteiger partial charge in [0.25, 0.3) is 5.56 Å². The van der Waals surface area contributed by atoms with Crippen LogP contribution in [0.15, 0.2) is 23.0 Å². The zero-order chi connectivity index (χ0) is 13.4. The summed E-state index contributed by atoms with van der Waals surface area (Å²) in [6, 6.07) is 4.43. The number of nitrogens with one attached hydrogen (secondary N) is 1. The maximum absolute atomic E-state index is 13.1. The fraction of sp³-hybridized carbons (Fsp3) is 0.286. The Bertz CT molecular complexity index is 694. The van der Waals surface area contributed by atoms with Crippen molar-refractivity contribution in [1.82, 2.24) is 9.97 Å². The Morgan fingerprint density at radius 1 is 1.42 bits per heavy atom. The van der Waals surface area contributed by atoms with Crippen LogP contribution < -0.4 is 5.56 Å². The lowest BCUT2D eigenvalue weighted by molar-refractivity contribution is 0.108. The van der Waals surface area contributed by atoms with Crippen molar-refractivity contribution in [2.45, 2.75) is 20.0 Å². The van der Waals surface area contributed by atoms with Crippen LogP contribution in [-0.2, 0) is 17.8 Å². The fourth-order valence-electron chi connectivity index (χ4n) is 2.26. The molecule has 1 aromatic heterocycles. The molecule has 1 N–H and O–H groups in total. The largest absolute Gasteiger partial charge is 0.376 e. The van der Waals surface area contributed by atoms with Gasteiger partial charge in [0.15, 0.2) is 0 Å². The summed E-state index contributed by atoms with van der Waals surface area (Å²) in [5, 5.41) is 0. The second kappa shape index (κ2) is 4.59. The summed E-state index contributed by atoms with van der Waals surface area (Å²) in [4.78, 5) is 19.2. The molecule has 0 spiro atoms. The number of hydrogen-bond donors (Lipinski definition) is 1. The van der Waals surface area contributed by atoms with Crippen molar-refractivity contribution < 1.29 is 9.13 Å². The fourth-order valence-corrected chi connectivity index (χ4v) is 2.26. The van der Waals surface area contributed by atoms with Crippen LogP contribution in [0.5, 0.6) is 0 Å². The summed E-state index contributed by atoms with van der Waals surface area (Å²) < 4.78 is 18.4. The van der Waals surface area contributed by atoms with Gasteiger partial charge in [0.05, 0.1) is 24.5 Å². The van der Waals surface area contributed by atoms with Crippen molar-refractivity contribution >= 4 is 0 Å². The van der Waals surface area contributed by atoms with Crippen molar-refractivity contribution in [3.63, 3.8) is 0 Å². The molecular formula is C14H13FN2O2. The van der Waals surface area contributed by atoms with Gasteiger partial charge in [-0.2, -0.15) is 0 Å². The number of hydrogen-bond acceptors (Lipinski definition) is 3. The van der Waals surface area contributed by atoms with E-state index in [4.69, 9.17) is 4.74 Å². The van der Waals surface area contributed by atoms with E-state index in [0.717, 1.165) is 16.8 Å². The quantitative estimate of drug-likeness (QED) is 0.852. The average molecular weight is 260 g/mol. The minimum atomic E-state index is -0.296. The second-order valence-corrected chi connectivity index (χ2v) is 4.60. The minimum Gasteiger partial charge on any atom is -0.376 e. The lowest BCUT2D eigenvalue weighted by Gasteiger charge is -2.15. The van der Waals surface area contributed by atoms with E-state index in [0.29, 0.717) is 31.0 Å². The smallest absolute Gasteiger partial charge is 0.256 e. The van der Waals surface area contributed by atoms with Gasteiger partial charge in [0, 0.05) is 12.0 Å². The van der Waals surface area contributed by atoms with E-state index in [1.165, 1.54) is 12.1 Å². The van der Waals surface area contributed by atoms with Gasteiger partial charge in [-0.1, -0.05) is 0 Å². The summed E-state index contributed by atoms with van der Waals surface area (Å²) in [6.07, 6.45) is 0.631. The van der Waals surface area contributed by atoms with Crippen LogP contribution in [0.1, 0.15) is 16.8 Å². The van der Waals surface area contributed by atoms with Crippen LogP contribution in [0, 0.1) is 12.7 Å². The van der Waals surface area contributed by atoms with Gasteiger partial charge >= 0.3 is 0 Å². The Balaban J connectivity index is 2.15. The highest BCUT2D eigenvalue weighted by Gasteiger charge is 2.17. The molecule has 0 atom stereocenters. The number of aromatic amines is 1. The summed E-state index contributed by atoms with van der Waals surface area (Å²) in [5.74, 6) is 0.193. The molecule has 0 fully saturated rings. The molecule has 19 heavy (non-hydrogen) atoms. The van der Waals surface area contributed by atoms with E-state index in [-0.39, 0.29) is 11.4 Å². The van der Waals surface area contributed by atoms with E-state index in [2.05, 4.69) is 9.97 Å². The first-order chi connectivity index (χ1) is 9.15. The molecule has 3 rings (SSSR count). The number of H-pyrrole nitrogens is 1. The molecule has 0 aliphatic carbocycles. The molecule has 0 amide bonds. The molecule has 0 saturated heterocycles. The lowest BCUT2D eigenvalue weighted by atomic mass is 10.1. The zero-order valence-corrected chi connectivity index (χ0v) is 10.5. The monoisotopic (exact) mass is 260 g/mol. The first-order valence-electron chi connectivity index (χ1n) is 6.11. The SMILES string of the molecule is Cc1cc(F)ccc1-c1nc2c(c(=O)[nH]1)COCC2. The molecule has 2 heterocycles. The van der Waals surface area contributed by atoms with Crippen LogP contribution in [0.3, 0.4) is 0 Å². The van der Waals surface area contributed by atoms with Crippen LogP contribution in [0.2, 0.25) is 0 Å². The topological polar surface area (TPSA) is 55.0 Å². The Hall–Kier alpha value is -2.01. The molecular weight excluding hydrogens is 247 g/mol. The molecule has 1 aromatic carbocycles. The van der Waals surface area contributed by atoms with Crippen LogP contribution in [-0.4, -0.2) is 16.6 Å². The lowest BCUT2D eigenvalue weighted by Crippen LogP contribution is -2.24. The first kappa shape index (κ1) is 12.0. The number of benzene rings is 1. The Morgan fingerprint density at radius 3 is 3.05 bits per heavy atom. The highest BCUT2D eigenvalue weighted by Crippen LogP contribution is 2.21. The van der Waals surface area contributed by atoms with Crippen molar-refractivity contribution in [2.75, 3.05) is 6.61 Å². The predicted molar refractivity (Wildman–Crippen MR) is 68.3 cm³/mol. The molecule has 2 aromatic rings. The number of aromatic nitrogens is 2. The third-order valence-corrected chi connectivity index (χ3v) is 3.27. The van der Waals surface area contributed by atoms with Crippen molar-refractivity contribution in [3.05, 3.63) is 51.2 Å². The summed E-state index contributed by atoms with van der Waals surface area (Å²) >= 11 is 0. The Kier molecular flexibility index (Phi) is 2.91. The number of fused-ring (bicyclic) bond motifs is 1. The molecule has 4 nitrogen and oxygen atoms in total. The number of aryl methyl sites for hydroxylation is 1. The van der Waals surface area contributed by atoms with Crippen LogP contribution in [0.4, 0.5) is 4.39 Å². The molecule has 0 saturated carbocycles. The van der Waals surface area contributed by atoms with E-state index in [9.17, 15) is 9.18 Å².